The van der Waals surface area contributed by atoms with Crippen LogP contribution in [0.3, 0.4) is 0 Å². The molecule has 0 atom stereocenters. The van der Waals surface area contributed by atoms with Gasteiger partial charge < -0.3 is 0 Å². The average molecular weight is 276 g/mol. The standard InChI is InChI=1S/C9H10BrNO2S/c1-2-5-14-7-3-4-9(11(12)13)8(10)6-7/h3-4,6H,2,5H2,1H3. The first kappa shape index (κ1) is 11.5. The Morgan fingerprint density at radius 1 is 1.57 bits per heavy atom. The summed E-state index contributed by atoms with van der Waals surface area (Å²) in [5, 5.41) is 10.5. The van der Waals surface area contributed by atoms with E-state index < -0.39 is 4.92 Å². The van der Waals surface area contributed by atoms with Gasteiger partial charge in [-0.05, 0) is 40.2 Å². The fraction of sp³-hybridized carbons (Fsp3) is 0.333. The molecule has 0 amide bonds. The van der Waals surface area contributed by atoms with Gasteiger partial charge in [0.1, 0.15) is 0 Å². The average Bonchev–Trinajstić information content (AvgIpc) is 2.14. The van der Waals surface area contributed by atoms with Crippen molar-refractivity contribution in [1.82, 2.24) is 0 Å². The van der Waals surface area contributed by atoms with Gasteiger partial charge in [-0.25, -0.2) is 0 Å². The van der Waals surface area contributed by atoms with Crippen molar-refractivity contribution < 1.29 is 4.92 Å². The number of hydrogen-bond acceptors (Lipinski definition) is 3. The van der Waals surface area contributed by atoms with Gasteiger partial charge in [0, 0.05) is 11.0 Å². The van der Waals surface area contributed by atoms with Crippen LogP contribution in [0.25, 0.3) is 0 Å². The molecule has 0 saturated carbocycles. The molecule has 1 aromatic rings. The maximum atomic E-state index is 10.5. The van der Waals surface area contributed by atoms with Crippen LogP contribution < -0.4 is 0 Å². The number of rotatable bonds is 4. The van der Waals surface area contributed by atoms with Crippen molar-refractivity contribution in [3.05, 3.63) is 32.8 Å². The zero-order valence-corrected chi connectivity index (χ0v) is 10.1. The molecule has 0 heterocycles. The molecule has 0 fully saturated rings. The highest BCUT2D eigenvalue weighted by Gasteiger charge is 2.11. The maximum absolute atomic E-state index is 10.5. The minimum absolute atomic E-state index is 0.117. The molecule has 0 aromatic heterocycles. The van der Waals surface area contributed by atoms with Gasteiger partial charge in [0.2, 0.25) is 0 Å². The van der Waals surface area contributed by atoms with Crippen LogP contribution in [0.15, 0.2) is 27.6 Å². The summed E-state index contributed by atoms with van der Waals surface area (Å²) < 4.78 is 0.545. The van der Waals surface area contributed by atoms with Gasteiger partial charge in [0.15, 0.2) is 0 Å². The predicted octanol–water partition coefficient (Wildman–Crippen LogP) is 3.86. The monoisotopic (exact) mass is 275 g/mol. The largest absolute Gasteiger partial charge is 0.283 e. The summed E-state index contributed by atoms with van der Waals surface area (Å²) in [6.07, 6.45) is 1.10. The molecule has 5 heteroatoms. The van der Waals surface area contributed by atoms with Crippen molar-refractivity contribution in [3.63, 3.8) is 0 Å². The predicted molar refractivity (Wildman–Crippen MR) is 61.8 cm³/mol. The zero-order valence-electron chi connectivity index (χ0n) is 7.70. The second-order valence-electron chi connectivity index (χ2n) is 2.72. The molecular formula is C9H10BrNO2S. The van der Waals surface area contributed by atoms with E-state index in [1.54, 1.807) is 23.9 Å². The molecule has 0 aliphatic rings. The van der Waals surface area contributed by atoms with E-state index in [2.05, 4.69) is 22.9 Å². The highest BCUT2D eigenvalue weighted by molar-refractivity contribution is 9.10. The lowest BCUT2D eigenvalue weighted by Gasteiger charge is -2.00. The summed E-state index contributed by atoms with van der Waals surface area (Å²) in [6, 6.07) is 5.10. The molecule has 0 spiro atoms. The van der Waals surface area contributed by atoms with Crippen molar-refractivity contribution in [2.24, 2.45) is 0 Å². The molecule has 1 rings (SSSR count). The van der Waals surface area contributed by atoms with E-state index in [0.717, 1.165) is 17.1 Å². The molecule has 0 radical (unpaired) electrons. The highest BCUT2D eigenvalue weighted by atomic mass is 79.9. The van der Waals surface area contributed by atoms with Crippen molar-refractivity contribution in [2.45, 2.75) is 18.2 Å². The summed E-state index contributed by atoms with van der Waals surface area (Å²) >= 11 is 4.89. The van der Waals surface area contributed by atoms with E-state index in [4.69, 9.17) is 0 Å². The summed E-state index contributed by atoms with van der Waals surface area (Å²) in [5.41, 5.74) is 0.117. The van der Waals surface area contributed by atoms with Crippen molar-refractivity contribution >= 4 is 33.4 Å². The fourth-order valence-electron chi connectivity index (χ4n) is 0.945. The normalized spacial score (nSPS) is 10.1. The zero-order chi connectivity index (χ0) is 10.6. The fourth-order valence-corrected chi connectivity index (χ4v) is 2.43. The second kappa shape index (κ2) is 5.36. The Kier molecular flexibility index (Phi) is 4.41. The van der Waals surface area contributed by atoms with Crippen LogP contribution in [-0.4, -0.2) is 10.7 Å². The number of benzene rings is 1. The van der Waals surface area contributed by atoms with Crippen LogP contribution in [0, 0.1) is 10.1 Å². The van der Waals surface area contributed by atoms with E-state index >= 15 is 0 Å². The SMILES string of the molecule is CCCSc1ccc([N+](=O)[O-])c(Br)c1. The van der Waals surface area contributed by atoms with Crippen molar-refractivity contribution in [2.75, 3.05) is 5.75 Å². The molecule has 0 unspecified atom stereocenters. The maximum Gasteiger partial charge on any atom is 0.283 e. The molecule has 0 bridgehead atoms. The van der Waals surface area contributed by atoms with Gasteiger partial charge in [0.25, 0.3) is 5.69 Å². The third-order valence-electron chi connectivity index (χ3n) is 1.59. The van der Waals surface area contributed by atoms with Crippen LogP contribution in [-0.2, 0) is 0 Å². The second-order valence-corrected chi connectivity index (χ2v) is 4.74. The lowest BCUT2D eigenvalue weighted by Crippen LogP contribution is -1.89. The van der Waals surface area contributed by atoms with Crippen LogP contribution >= 0.6 is 27.7 Å². The molecule has 1 aromatic carbocycles. The summed E-state index contributed by atoms with van der Waals surface area (Å²) in [6.45, 7) is 2.10. The van der Waals surface area contributed by atoms with E-state index in [0.29, 0.717) is 4.47 Å². The van der Waals surface area contributed by atoms with E-state index in [1.807, 2.05) is 0 Å². The van der Waals surface area contributed by atoms with Gasteiger partial charge in [-0.15, -0.1) is 11.8 Å². The summed E-state index contributed by atoms with van der Waals surface area (Å²) in [4.78, 5) is 11.2. The molecule has 0 saturated heterocycles. The lowest BCUT2D eigenvalue weighted by molar-refractivity contribution is -0.385. The number of thioether (sulfide) groups is 1. The Balaban J connectivity index is 2.83. The van der Waals surface area contributed by atoms with Crippen molar-refractivity contribution in [3.8, 4) is 0 Å². The quantitative estimate of drug-likeness (QED) is 0.476. The highest BCUT2D eigenvalue weighted by Crippen LogP contribution is 2.30. The third-order valence-corrected chi connectivity index (χ3v) is 3.42. The molecule has 14 heavy (non-hydrogen) atoms. The van der Waals surface area contributed by atoms with Gasteiger partial charge in [-0.2, -0.15) is 0 Å². The van der Waals surface area contributed by atoms with Crippen LogP contribution in [0.2, 0.25) is 0 Å². The minimum atomic E-state index is -0.391. The molecule has 0 N–H and O–H groups in total. The topological polar surface area (TPSA) is 43.1 Å². The van der Waals surface area contributed by atoms with E-state index in [1.165, 1.54) is 6.07 Å². The Morgan fingerprint density at radius 3 is 2.79 bits per heavy atom. The van der Waals surface area contributed by atoms with Crippen LogP contribution in [0.1, 0.15) is 13.3 Å². The molecule has 76 valence electrons. The number of nitro groups is 1. The van der Waals surface area contributed by atoms with Gasteiger partial charge in [0.05, 0.1) is 9.40 Å². The first-order valence-corrected chi connectivity index (χ1v) is 5.99. The number of nitro benzene ring substituents is 1. The molecule has 0 aliphatic heterocycles. The van der Waals surface area contributed by atoms with Crippen molar-refractivity contribution in [1.29, 1.82) is 0 Å². The lowest BCUT2D eigenvalue weighted by atomic mass is 10.3. The Labute approximate surface area is 95.2 Å². The third kappa shape index (κ3) is 2.99. The Hall–Kier alpha value is -0.550. The molecular weight excluding hydrogens is 266 g/mol. The van der Waals surface area contributed by atoms with Gasteiger partial charge in [-0.3, -0.25) is 10.1 Å². The number of nitrogens with zero attached hydrogens (tertiary/aromatic N) is 1. The van der Waals surface area contributed by atoms with Gasteiger partial charge in [-0.1, -0.05) is 6.92 Å². The van der Waals surface area contributed by atoms with Gasteiger partial charge >= 0.3 is 0 Å². The summed E-state index contributed by atoms with van der Waals surface area (Å²) in [7, 11) is 0. The summed E-state index contributed by atoms with van der Waals surface area (Å²) in [5.74, 6) is 1.03. The first-order valence-electron chi connectivity index (χ1n) is 4.22. The Bertz CT molecular complexity index is 344. The smallest absolute Gasteiger partial charge is 0.258 e. The van der Waals surface area contributed by atoms with E-state index in [9.17, 15) is 10.1 Å². The number of hydrogen-bond donors (Lipinski definition) is 0. The van der Waals surface area contributed by atoms with E-state index in [-0.39, 0.29) is 5.69 Å². The first-order chi connectivity index (χ1) is 6.65. The molecule has 0 aliphatic carbocycles. The van der Waals surface area contributed by atoms with Crippen LogP contribution in [0.4, 0.5) is 5.69 Å². The van der Waals surface area contributed by atoms with Crippen LogP contribution in [0.5, 0.6) is 0 Å². The molecule has 3 nitrogen and oxygen atoms in total. The number of halogens is 1. The minimum Gasteiger partial charge on any atom is -0.258 e. The Morgan fingerprint density at radius 2 is 2.29 bits per heavy atom.